The number of amides is 1. The minimum absolute atomic E-state index is 0.0121. The van der Waals surface area contributed by atoms with Crippen molar-refractivity contribution in [2.45, 2.75) is 12.7 Å². The van der Waals surface area contributed by atoms with E-state index in [4.69, 9.17) is 5.11 Å². The van der Waals surface area contributed by atoms with Gasteiger partial charge in [-0.2, -0.15) is 18.2 Å². The van der Waals surface area contributed by atoms with E-state index in [-0.39, 0.29) is 20.6 Å². The first kappa shape index (κ1) is 19.7. The van der Waals surface area contributed by atoms with Crippen LogP contribution in [-0.2, 0) is 17.5 Å². The lowest BCUT2D eigenvalue weighted by atomic mass is 10.1. The van der Waals surface area contributed by atoms with Gasteiger partial charge in [-0.25, -0.2) is 8.78 Å². The number of rotatable bonds is 3. The van der Waals surface area contributed by atoms with E-state index in [1.54, 1.807) is 0 Å². The first-order valence-corrected chi connectivity index (χ1v) is 8.34. The average Bonchev–Trinajstić information content (AvgIpc) is 2.90. The highest BCUT2D eigenvalue weighted by atomic mass is 32.1. The summed E-state index contributed by atoms with van der Waals surface area (Å²) in [6, 6.07) is 5.13. The van der Waals surface area contributed by atoms with Crippen molar-refractivity contribution in [3.8, 4) is 0 Å². The van der Waals surface area contributed by atoms with Gasteiger partial charge in [-0.3, -0.25) is 9.59 Å². The van der Waals surface area contributed by atoms with Crippen molar-refractivity contribution in [3.63, 3.8) is 0 Å². The lowest BCUT2D eigenvalue weighted by Crippen LogP contribution is -2.21. The van der Waals surface area contributed by atoms with Gasteiger partial charge in [0, 0.05) is 11.6 Å². The molecule has 0 aliphatic heterocycles. The minimum atomic E-state index is -4.66. The zero-order valence-corrected chi connectivity index (χ0v) is 14.4. The van der Waals surface area contributed by atoms with Gasteiger partial charge in [0.25, 0.3) is 5.91 Å². The Labute approximate surface area is 157 Å². The van der Waals surface area contributed by atoms with Crippen LogP contribution in [0, 0.1) is 11.6 Å². The predicted octanol–water partition coefficient (Wildman–Crippen LogP) is 3.83. The van der Waals surface area contributed by atoms with Crippen molar-refractivity contribution in [3.05, 3.63) is 64.0 Å². The second-order valence-corrected chi connectivity index (χ2v) is 6.60. The third-order valence-corrected chi connectivity index (χ3v) is 4.69. The smallest absolute Gasteiger partial charge is 0.416 e. The summed E-state index contributed by atoms with van der Waals surface area (Å²) in [6.07, 6.45) is -4.66. The zero-order valence-electron chi connectivity index (χ0n) is 13.6. The van der Waals surface area contributed by atoms with Crippen molar-refractivity contribution >= 4 is 33.4 Å². The highest BCUT2D eigenvalue weighted by molar-refractivity contribution is 7.16. The van der Waals surface area contributed by atoms with E-state index in [9.17, 15) is 31.5 Å². The van der Waals surface area contributed by atoms with E-state index in [1.807, 2.05) is 0 Å². The molecule has 0 unspecified atom stereocenters. The van der Waals surface area contributed by atoms with Crippen LogP contribution in [0.3, 0.4) is 0 Å². The summed E-state index contributed by atoms with van der Waals surface area (Å²) in [5.41, 5.74) is -1.43. The fourth-order valence-electron chi connectivity index (χ4n) is 2.42. The largest absolute Gasteiger partial charge is 0.480 e. The SMILES string of the molecule is O=C(O)Cn1c(=NC(=O)c2cccc(C(F)(F)F)c2)sc2cc(F)c(F)cc21. The van der Waals surface area contributed by atoms with Crippen LogP contribution in [-0.4, -0.2) is 21.6 Å². The third kappa shape index (κ3) is 3.93. The van der Waals surface area contributed by atoms with E-state index in [0.29, 0.717) is 17.4 Å². The number of hydrogen-bond donors (Lipinski definition) is 1. The van der Waals surface area contributed by atoms with E-state index in [0.717, 1.165) is 34.9 Å². The van der Waals surface area contributed by atoms with Crippen LogP contribution in [0.1, 0.15) is 15.9 Å². The zero-order chi connectivity index (χ0) is 20.6. The van der Waals surface area contributed by atoms with E-state index in [1.165, 1.54) is 0 Å². The second-order valence-electron chi connectivity index (χ2n) is 5.59. The first-order valence-electron chi connectivity index (χ1n) is 7.53. The molecule has 1 heterocycles. The third-order valence-electron chi connectivity index (χ3n) is 3.65. The standard InChI is InChI=1S/C17H9F5N2O3S/c18-10-5-12-13(6-11(10)19)28-16(24(12)7-14(25)26)23-15(27)8-2-1-3-9(4-8)17(20,21)22/h1-6H,7H2,(H,25,26). The lowest BCUT2D eigenvalue weighted by Gasteiger charge is -2.06. The van der Waals surface area contributed by atoms with Gasteiger partial charge in [-0.15, -0.1) is 0 Å². The number of halogens is 5. The molecular weight excluding hydrogens is 407 g/mol. The molecule has 0 aliphatic rings. The molecule has 3 rings (SSSR count). The van der Waals surface area contributed by atoms with Crippen LogP contribution >= 0.6 is 11.3 Å². The van der Waals surface area contributed by atoms with Gasteiger partial charge in [-0.05, 0) is 24.3 Å². The maximum absolute atomic E-state index is 13.5. The number of aliphatic carboxylic acids is 1. The Balaban J connectivity index is 2.15. The van der Waals surface area contributed by atoms with Crippen LogP contribution in [0.4, 0.5) is 22.0 Å². The van der Waals surface area contributed by atoms with Gasteiger partial charge in [-0.1, -0.05) is 17.4 Å². The Kier molecular flexibility index (Phi) is 5.02. The first-order chi connectivity index (χ1) is 13.1. The molecule has 1 aromatic heterocycles. The summed E-state index contributed by atoms with van der Waals surface area (Å²) >= 11 is 0.705. The van der Waals surface area contributed by atoms with Crippen LogP contribution in [0.25, 0.3) is 10.2 Å². The summed E-state index contributed by atoms with van der Waals surface area (Å²) in [4.78, 5) is 26.8. The molecule has 146 valence electrons. The number of fused-ring (bicyclic) bond motifs is 1. The van der Waals surface area contributed by atoms with Crippen molar-refractivity contribution in [2.24, 2.45) is 4.99 Å². The van der Waals surface area contributed by atoms with Crippen molar-refractivity contribution in [2.75, 3.05) is 0 Å². The molecule has 0 saturated carbocycles. The number of nitrogens with zero attached hydrogens (tertiary/aromatic N) is 2. The average molecular weight is 416 g/mol. The van der Waals surface area contributed by atoms with E-state index < -0.39 is 41.8 Å². The number of carboxylic acid groups (broad SMARTS) is 1. The molecule has 1 N–H and O–H groups in total. The summed E-state index contributed by atoms with van der Waals surface area (Å²) in [6.45, 7) is -0.709. The molecule has 0 aliphatic carbocycles. The summed E-state index contributed by atoms with van der Waals surface area (Å²) < 4.78 is 66.5. The molecular formula is C17H9F5N2O3S. The lowest BCUT2D eigenvalue weighted by molar-refractivity contribution is -0.138. The monoisotopic (exact) mass is 416 g/mol. The molecule has 0 spiro atoms. The number of hydrogen-bond acceptors (Lipinski definition) is 3. The minimum Gasteiger partial charge on any atom is -0.480 e. The van der Waals surface area contributed by atoms with Gasteiger partial charge in [0.15, 0.2) is 16.4 Å². The molecule has 0 radical (unpaired) electrons. The number of thiazole rings is 1. The van der Waals surface area contributed by atoms with E-state index >= 15 is 0 Å². The van der Waals surface area contributed by atoms with Crippen LogP contribution < -0.4 is 4.80 Å². The molecule has 0 fully saturated rings. The number of benzene rings is 2. The normalized spacial score (nSPS) is 12.5. The van der Waals surface area contributed by atoms with Crippen molar-refractivity contribution < 1.29 is 36.6 Å². The van der Waals surface area contributed by atoms with Gasteiger partial charge in [0.2, 0.25) is 0 Å². The molecule has 0 atom stereocenters. The van der Waals surface area contributed by atoms with Crippen molar-refractivity contribution in [1.82, 2.24) is 4.57 Å². The van der Waals surface area contributed by atoms with Gasteiger partial charge < -0.3 is 9.67 Å². The fourth-order valence-corrected chi connectivity index (χ4v) is 3.45. The Hall–Kier alpha value is -3.08. The maximum atomic E-state index is 13.5. The topological polar surface area (TPSA) is 71.7 Å². The molecule has 28 heavy (non-hydrogen) atoms. The fraction of sp³-hybridized carbons (Fsp3) is 0.118. The van der Waals surface area contributed by atoms with Gasteiger partial charge in [0.05, 0.1) is 15.8 Å². The second kappa shape index (κ2) is 7.15. The molecule has 3 aromatic rings. The number of carbonyl (C=O) groups excluding carboxylic acids is 1. The number of carbonyl (C=O) groups is 2. The van der Waals surface area contributed by atoms with Gasteiger partial charge in [0.1, 0.15) is 6.54 Å². The summed E-state index contributed by atoms with van der Waals surface area (Å²) in [7, 11) is 0. The Morgan fingerprint density at radius 3 is 2.43 bits per heavy atom. The maximum Gasteiger partial charge on any atom is 0.416 e. The Bertz CT molecular complexity index is 1160. The van der Waals surface area contributed by atoms with Crippen LogP contribution in [0.15, 0.2) is 41.4 Å². The predicted molar refractivity (Wildman–Crippen MR) is 88.7 cm³/mol. The number of carboxylic acids is 1. The molecule has 1 amide bonds. The summed E-state index contributed by atoms with van der Waals surface area (Å²) in [5, 5.41) is 9.03. The molecule has 2 aromatic carbocycles. The Morgan fingerprint density at radius 2 is 1.79 bits per heavy atom. The molecule has 11 heteroatoms. The van der Waals surface area contributed by atoms with Crippen LogP contribution in [0.2, 0.25) is 0 Å². The molecule has 0 saturated heterocycles. The highest BCUT2D eigenvalue weighted by Gasteiger charge is 2.30. The van der Waals surface area contributed by atoms with Gasteiger partial charge >= 0.3 is 12.1 Å². The molecule has 0 bridgehead atoms. The quantitative estimate of drug-likeness (QED) is 0.660. The summed E-state index contributed by atoms with van der Waals surface area (Å²) in [5.74, 6) is -4.79. The highest BCUT2D eigenvalue weighted by Crippen LogP contribution is 2.29. The van der Waals surface area contributed by atoms with E-state index in [2.05, 4.69) is 4.99 Å². The molecule has 5 nitrogen and oxygen atoms in total. The number of alkyl halides is 3. The van der Waals surface area contributed by atoms with Crippen LogP contribution in [0.5, 0.6) is 0 Å². The van der Waals surface area contributed by atoms with Crippen molar-refractivity contribution in [1.29, 1.82) is 0 Å². The number of aromatic nitrogens is 1. The Morgan fingerprint density at radius 1 is 1.11 bits per heavy atom.